The molecule has 1 unspecified atom stereocenters. The van der Waals surface area contributed by atoms with Crippen LogP contribution < -0.4 is 5.32 Å². The van der Waals surface area contributed by atoms with Crippen LogP contribution in [0.2, 0.25) is 5.15 Å². The van der Waals surface area contributed by atoms with Gasteiger partial charge in [-0.15, -0.1) is 10.2 Å². The number of hydrogen-bond donors (Lipinski definition) is 1. The van der Waals surface area contributed by atoms with E-state index in [4.69, 9.17) is 11.6 Å². The second-order valence-electron chi connectivity index (χ2n) is 5.03. The summed E-state index contributed by atoms with van der Waals surface area (Å²) in [6.45, 7) is 0.583. The van der Waals surface area contributed by atoms with Gasteiger partial charge in [-0.3, -0.25) is 0 Å². The van der Waals surface area contributed by atoms with Gasteiger partial charge in [0.05, 0.1) is 11.5 Å². The average molecular weight is 312 g/mol. The third kappa shape index (κ3) is 2.71. The summed E-state index contributed by atoms with van der Waals surface area (Å²) in [7, 11) is -2.85. The zero-order chi connectivity index (χ0) is 14.2. The average Bonchev–Trinajstić information content (AvgIpc) is 2.78. The standard InChI is InChI=1S/C13H14ClN3O2S/c14-12-10-3-1-2-4-11(10)13(17-16-12)15-7-9-5-6-20(18,19)8-9/h1-4,9H,5-8H2,(H,15,17). The third-order valence-corrected chi connectivity index (χ3v) is 5.64. The first kappa shape index (κ1) is 13.6. The first-order valence-corrected chi connectivity index (χ1v) is 8.60. The lowest BCUT2D eigenvalue weighted by Crippen LogP contribution is -2.16. The van der Waals surface area contributed by atoms with Crippen molar-refractivity contribution in [3.05, 3.63) is 29.4 Å². The lowest BCUT2D eigenvalue weighted by Gasteiger charge is -2.11. The zero-order valence-electron chi connectivity index (χ0n) is 10.7. The Morgan fingerprint density at radius 2 is 2.00 bits per heavy atom. The second kappa shape index (κ2) is 5.18. The Bertz CT molecular complexity index is 748. The van der Waals surface area contributed by atoms with Crippen LogP contribution in [0.3, 0.4) is 0 Å². The maximum Gasteiger partial charge on any atom is 0.159 e. The van der Waals surface area contributed by atoms with Crippen LogP contribution in [0.1, 0.15) is 6.42 Å². The van der Waals surface area contributed by atoms with Crippen LogP contribution in [-0.2, 0) is 9.84 Å². The fourth-order valence-electron chi connectivity index (χ4n) is 2.48. The Labute approximate surface area is 122 Å². The van der Waals surface area contributed by atoms with Crippen molar-refractivity contribution < 1.29 is 8.42 Å². The summed E-state index contributed by atoms with van der Waals surface area (Å²) in [5.74, 6) is 1.32. The van der Waals surface area contributed by atoms with Gasteiger partial charge in [0, 0.05) is 17.3 Å². The number of hydrogen-bond acceptors (Lipinski definition) is 5. The van der Waals surface area contributed by atoms with Crippen LogP contribution in [0.25, 0.3) is 10.8 Å². The molecule has 1 N–H and O–H groups in total. The predicted octanol–water partition coefficient (Wildman–Crippen LogP) is 2.13. The fourth-order valence-corrected chi connectivity index (χ4v) is 4.54. The highest BCUT2D eigenvalue weighted by atomic mass is 35.5. The molecule has 1 aliphatic heterocycles. The highest BCUT2D eigenvalue weighted by Gasteiger charge is 2.27. The topological polar surface area (TPSA) is 72.0 Å². The molecule has 0 amide bonds. The summed E-state index contributed by atoms with van der Waals surface area (Å²) in [6, 6.07) is 7.61. The quantitative estimate of drug-likeness (QED) is 0.940. The molecule has 2 aromatic rings. The van der Waals surface area contributed by atoms with E-state index >= 15 is 0 Å². The van der Waals surface area contributed by atoms with E-state index in [1.54, 1.807) is 0 Å². The molecule has 7 heteroatoms. The number of fused-ring (bicyclic) bond motifs is 1. The molecular weight excluding hydrogens is 298 g/mol. The number of halogens is 1. The van der Waals surface area contributed by atoms with Crippen molar-refractivity contribution in [2.45, 2.75) is 6.42 Å². The minimum absolute atomic E-state index is 0.135. The molecule has 20 heavy (non-hydrogen) atoms. The monoisotopic (exact) mass is 311 g/mol. The van der Waals surface area contributed by atoms with Gasteiger partial charge in [0.2, 0.25) is 0 Å². The Hall–Kier alpha value is -1.40. The van der Waals surface area contributed by atoms with Crippen molar-refractivity contribution in [1.82, 2.24) is 10.2 Å². The number of nitrogens with zero attached hydrogens (tertiary/aromatic N) is 2. The number of anilines is 1. The minimum Gasteiger partial charge on any atom is -0.368 e. The van der Waals surface area contributed by atoms with Crippen LogP contribution in [0.5, 0.6) is 0 Å². The molecule has 0 radical (unpaired) electrons. The summed E-state index contributed by atoms with van der Waals surface area (Å²) in [4.78, 5) is 0. The van der Waals surface area contributed by atoms with Crippen LogP contribution >= 0.6 is 11.6 Å². The van der Waals surface area contributed by atoms with Crippen molar-refractivity contribution >= 4 is 38.0 Å². The largest absolute Gasteiger partial charge is 0.368 e. The predicted molar refractivity (Wildman–Crippen MR) is 79.8 cm³/mol. The minimum atomic E-state index is -2.85. The van der Waals surface area contributed by atoms with Crippen molar-refractivity contribution in [2.75, 3.05) is 23.4 Å². The van der Waals surface area contributed by atoms with Crippen molar-refractivity contribution in [1.29, 1.82) is 0 Å². The van der Waals surface area contributed by atoms with E-state index in [2.05, 4.69) is 15.5 Å². The Kier molecular flexibility index (Phi) is 3.52. The van der Waals surface area contributed by atoms with Crippen molar-refractivity contribution in [3.63, 3.8) is 0 Å². The Morgan fingerprint density at radius 3 is 2.70 bits per heavy atom. The summed E-state index contributed by atoms with van der Waals surface area (Å²) in [6.07, 6.45) is 0.703. The van der Waals surface area contributed by atoms with Gasteiger partial charge in [-0.25, -0.2) is 8.42 Å². The molecule has 0 saturated carbocycles. The number of rotatable bonds is 3. The molecule has 2 heterocycles. The van der Waals surface area contributed by atoms with Gasteiger partial charge in [-0.05, 0) is 12.3 Å². The van der Waals surface area contributed by atoms with Crippen LogP contribution in [0, 0.1) is 5.92 Å². The Morgan fingerprint density at radius 1 is 1.25 bits per heavy atom. The van der Waals surface area contributed by atoms with Crippen LogP contribution in [0.4, 0.5) is 5.82 Å². The maximum atomic E-state index is 11.4. The highest BCUT2D eigenvalue weighted by molar-refractivity contribution is 7.91. The van der Waals surface area contributed by atoms with Gasteiger partial charge in [-0.1, -0.05) is 35.9 Å². The number of nitrogens with one attached hydrogen (secondary N) is 1. The fraction of sp³-hybridized carbons (Fsp3) is 0.385. The smallest absolute Gasteiger partial charge is 0.159 e. The highest BCUT2D eigenvalue weighted by Crippen LogP contribution is 2.26. The molecule has 1 saturated heterocycles. The van der Waals surface area contributed by atoms with E-state index < -0.39 is 9.84 Å². The molecule has 5 nitrogen and oxygen atoms in total. The van der Waals surface area contributed by atoms with Crippen LogP contribution in [-0.4, -0.2) is 36.7 Å². The molecule has 1 atom stereocenters. The SMILES string of the molecule is O=S1(=O)CCC(CNc2nnc(Cl)c3ccccc23)C1. The molecule has 1 aromatic heterocycles. The number of benzene rings is 1. The van der Waals surface area contributed by atoms with Gasteiger partial charge >= 0.3 is 0 Å². The van der Waals surface area contributed by atoms with Crippen molar-refractivity contribution in [3.8, 4) is 0 Å². The van der Waals surface area contributed by atoms with E-state index in [1.807, 2.05) is 24.3 Å². The maximum absolute atomic E-state index is 11.4. The van der Waals surface area contributed by atoms with Gasteiger partial charge < -0.3 is 5.32 Å². The van der Waals surface area contributed by atoms with Crippen LogP contribution in [0.15, 0.2) is 24.3 Å². The lowest BCUT2D eigenvalue weighted by atomic mass is 10.1. The summed E-state index contributed by atoms with van der Waals surface area (Å²) in [5.41, 5.74) is 0. The molecule has 1 aromatic carbocycles. The normalized spacial score (nSPS) is 21.1. The molecule has 3 rings (SSSR count). The first-order chi connectivity index (χ1) is 9.55. The number of sulfone groups is 1. The molecule has 1 aliphatic rings. The van der Waals surface area contributed by atoms with Gasteiger partial charge in [0.25, 0.3) is 0 Å². The number of aromatic nitrogens is 2. The summed E-state index contributed by atoms with van der Waals surface area (Å²) in [5, 5.41) is 13.3. The third-order valence-electron chi connectivity index (χ3n) is 3.53. The Balaban J connectivity index is 1.80. The molecule has 0 aliphatic carbocycles. The molecular formula is C13H14ClN3O2S. The van der Waals surface area contributed by atoms with Gasteiger partial charge in [0.1, 0.15) is 0 Å². The van der Waals surface area contributed by atoms with E-state index in [9.17, 15) is 8.42 Å². The van der Waals surface area contributed by atoms with E-state index in [-0.39, 0.29) is 17.4 Å². The summed E-state index contributed by atoms with van der Waals surface area (Å²) >= 11 is 6.01. The van der Waals surface area contributed by atoms with E-state index in [0.29, 0.717) is 23.9 Å². The molecule has 1 fully saturated rings. The second-order valence-corrected chi connectivity index (χ2v) is 7.62. The molecule has 0 spiro atoms. The van der Waals surface area contributed by atoms with Gasteiger partial charge in [-0.2, -0.15) is 0 Å². The van der Waals surface area contributed by atoms with Crippen molar-refractivity contribution in [2.24, 2.45) is 5.92 Å². The lowest BCUT2D eigenvalue weighted by molar-refractivity contribution is 0.595. The first-order valence-electron chi connectivity index (χ1n) is 6.40. The summed E-state index contributed by atoms with van der Waals surface area (Å²) < 4.78 is 22.9. The molecule has 106 valence electrons. The van der Waals surface area contributed by atoms with E-state index in [0.717, 1.165) is 10.8 Å². The zero-order valence-corrected chi connectivity index (χ0v) is 12.3. The molecule has 0 bridgehead atoms. The van der Waals surface area contributed by atoms with E-state index in [1.165, 1.54) is 0 Å². The van der Waals surface area contributed by atoms with Gasteiger partial charge in [0.15, 0.2) is 20.8 Å².